The van der Waals surface area contributed by atoms with Crippen molar-refractivity contribution in [1.29, 1.82) is 0 Å². The van der Waals surface area contributed by atoms with Gasteiger partial charge < -0.3 is 15.6 Å². The Morgan fingerprint density at radius 2 is 2.00 bits per heavy atom. The number of ether oxygens (including phenoxy) is 1. The summed E-state index contributed by atoms with van der Waals surface area (Å²) in [4.78, 5) is 0. The molecule has 2 aromatic rings. The standard InChI is InChI=1S/C14H17NO2/c1-17-13-7-6-10-4-2-3-5-11(10)14(13)12(15)8-9-16/h2-7,12,16H,8-9,15H2,1H3. The zero-order valence-electron chi connectivity index (χ0n) is 9.89. The molecule has 0 saturated carbocycles. The maximum atomic E-state index is 9.01. The predicted molar refractivity (Wildman–Crippen MR) is 69.1 cm³/mol. The minimum Gasteiger partial charge on any atom is -0.496 e. The van der Waals surface area contributed by atoms with Gasteiger partial charge in [0.25, 0.3) is 0 Å². The first-order valence-electron chi connectivity index (χ1n) is 5.70. The molecule has 0 aromatic heterocycles. The number of methoxy groups -OCH3 is 1. The lowest BCUT2D eigenvalue weighted by atomic mass is 9.96. The molecular formula is C14H17NO2. The van der Waals surface area contributed by atoms with E-state index in [2.05, 4.69) is 0 Å². The van der Waals surface area contributed by atoms with Gasteiger partial charge in [-0.1, -0.05) is 30.3 Å². The third kappa shape index (κ3) is 2.25. The maximum Gasteiger partial charge on any atom is 0.124 e. The maximum absolute atomic E-state index is 9.01. The summed E-state index contributed by atoms with van der Waals surface area (Å²) in [5, 5.41) is 11.2. The normalized spacial score (nSPS) is 12.6. The molecular weight excluding hydrogens is 214 g/mol. The summed E-state index contributed by atoms with van der Waals surface area (Å²) in [6, 6.07) is 11.8. The largest absolute Gasteiger partial charge is 0.496 e. The topological polar surface area (TPSA) is 55.5 Å². The van der Waals surface area contributed by atoms with Gasteiger partial charge in [-0.2, -0.15) is 0 Å². The van der Waals surface area contributed by atoms with Crippen LogP contribution in [0.25, 0.3) is 10.8 Å². The van der Waals surface area contributed by atoms with E-state index in [1.807, 2.05) is 36.4 Å². The Balaban J connectivity index is 2.62. The Morgan fingerprint density at radius 3 is 2.71 bits per heavy atom. The van der Waals surface area contributed by atoms with E-state index in [1.54, 1.807) is 7.11 Å². The van der Waals surface area contributed by atoms with Crippen molar-refractivity contribution in [3.8, 4) is 5.75 Å². The van der Waals surface area contributed by atoms with Crippen LogP contribution < -0.4 is 10.5 Å². The fourth-order valence-electron chi connectivity index (χ4n) is 2.12. The van der Waals surface area contributed by atoms with Crippen molar-refractivity contribution in [3.63, 3.8) is 0 Å². The average Bonchev–Trinajstić information content (AvgIpc) is 2.37. The average molecular weight is 231 g/mol. The van der Waals surface area contributed by atoms with Crippen molar-refractivity contribution < 1.29 is 9.84 Å². The van der Waals surface area contributed by atoms with Gasteiger partial charge >= 0.3 is 0 Å². The summed E-state index contributed by atoms with van der Waals surface area (Å²) < 4.78 is 5.36. The lowest BCUT2D eigenvalue weighted by Gasteiger charge is -2.17. The van der Waals surface area contributed by atoms with Crippen LogP contribution in [-0.2, 0) is 0 Å². The fourth-order valence-corrected chi connectivity index (χ4v) is 2.12. The Hall–Kier alpha value is -1.58. The highest BCUT2D eigenvalue weighted by molar-refractivity contribution is 5.88. The number of benzene rings is 2. The van der Waals surface area contributed by atoms with Crippen molar-refractivity contribution >= 4 is 10.8 Å². The molecule has 0 bridgehead atoms. The Bertz CT molecular complexity index is 511. The van der Waals surface area contributed by atoms with Gasteiger partial charge in [-0.25, -0.2) is 0 Å². The second-order valence-corrected chi connectivity index (χ2v) is 4.02. The van der Waals surface area contributed by atoms with E-state index in [0.29, 0.717) is 6.42 Å². The van der Waals surface area contributed by atoms with Crippen molar-refractivity contribution in [2.75, 3.05) is 13.7 Å². The van der Waals surface area contributed by atoms with Crippen LogP contribution in [0.2, 0.25) is 0 Å². The summed E-state index contributed by atoms with van der Waals surface area (Å²) >= 11 is 0. The highest BCUT2D eigenvalue weighted by Crippen LogP contribution is 2.33. The smallest absolute Gasteiger partial charge is 0.124 e. The lowest BCUT2D eigenvalue weighted by molar-refractivity contribution is 0.275. The number of aliphatic hydroxyl groups excluding tert-OH is 1. The molecule has 0 aliphatic rings. The quantitative estimate of drug-likeness (QED) is 0.848. The molecule has 0 heterocycles. The molecule has 17 heavy (non-hydrogen) atoms. The number of aliphatic hydroxyl groups is 1. The molecule has 1 atom stereocenters. The molecule has 0 aliphatic carbocycles. The van der Waals surface area contributed by atoms with Crippen molar-refractivity contribution in [2.45, 2.75) is 12.5 Å². The fraction of sp³-hybridized carbons (Fsp3) is 0.286. The molecule has 0 saturated heterocycles. The minimum absolute atomic E-state index is 0.0769. The second-order valence-electron chi connectivity index (χ2n) is 4.02. The van der Waals surface area contributed by atoms with Crippen LogP contribution in [0.4, 0.5) is 0 Å². The second kappa shape index (κ2) is 5.17. The molecule has 2 rings (SSSR count). The van der Waals surface area contributed by atoms with Crippen LogP contribution in [0, 0.1) is 0 Å². The van der Waals surface area contributed by atoms with Gasteiger partial charge in [-0.15, -0.1) is 0 Å². The van der Waals surface area contributed by atoms with E-state index >= 15 is 0 Å². The highest BCUT2D eigenvalue weighted by atomic mass is 16.5. The van der Waals surface area contributed by atoms with Crippen molar-refractivity contribution in [3.05, 3.63) is 42.0 Å². The number of nitrogens with two attached hydrogens (primary N) is 1. The lowest BCUT2D eigenvalue weighted by Crippen LogP contribution is -2.13. The molecule has 2 aromatic carbocycles. The molecule has 1 unspecified atom stereocenters. The minimum atomic E-state index is -0.207. The van der Waals surface area contributed by atoms with E-state index in [4.69, 9.17) is 15.6 Å². The zero-order chi connectivity index (χ0) is 12.3. The van der Waals surface area contributed by atoms with Gasteiger partial charge in [-0.3, -0.25) is 0 Å². The highest BCUT2D eigenvalue weighted by Gasteiger charge is 2.14. The molecule has 3 nitrogen and oxygen atoms in total. The van der Waals surface area contributed by atoms with Gasteiger partial charge in [0.15, 0.2) is 0 Å². The molecule has 0 aliphatic heterocycles. The van der Waals surface area contributed by atoms with Crippen molar-refractivity contribution in [2.24, 2.45) is 5.73 Å². The third-order valence-corrected chi connectivity index (χ3v) is 2.96. The first kappa shape index (κ1) is 11.9. The van der Waals surface area contributed by atoms with E-state index < -0.39 is 0 Å². The van der Waals surface area contributed by atoms with E-state index in [0.717, 1.165) is 22.1 Å². The molecule has 0 spiro atoms. The molecule has 0 amide bonds. The number of fused-ring (bicyclic) bond motifs is 1. The van der Waals surface area contributed by atoms with Gasteiger partial charge in [0, 0.05) is 18.2 Å². The Labute approximate surface area is 101 Å². The summed E-state index contributed by atoms with van der Waals surface area (Å²) in [6.45, 7) is 0.0769. The molecule has 0 fully saturated rings. The summed E-state index contributed by atoms with van der Waals surface area (Å²) in [7, 11) is 1.64. The zero-order valence-corrected chi connectivity index (χ0v) is 9.89. The summed E-state index contributed by atoms with van der Waals surface area (Å²) in [5.41, 5.74) is 7.08. The number of rotatable bonds is 4. The molecule has 3 heteroatoms. The third-order valence-electron chi connectivity index (χ3n) is 2.96. The molecule has 90 valence electrons. The number of hydrogen-bond donors (Lipinski definition) is 2. The van der Waals surface area contributed by atoms with E-state index in [-0.39, 0.29) is 12.6 Å². The first-order valence-corrected chi connectivity index (χ1v) is 5.70. The van der Waals surface area contributed by atoms with Crippen molar-refractivity contribution in [1.82, 2.24) is 0 Å². The van der Waals surface area contributed by atoms with Crippen LogP contribution in [-0.4, -0.2) is 18.8 Å². The van der Waals surface area contributed by atoms with Crippen LogP contribution in [0.1, 0.15) is 18.0 Å². The van der Waals surface area contributed by atoms with Crippen LogP contribution in [0.3, 0.4) is 0 Å². The van der Waals surface area contributed by atoms with Crippen LogP contribution >= 0.6 is 0 Å². The molecule has 0 radical (unpaired) electrons. The van der Waals surface area contributed by atoms with Gasteiger partial charge in [0.1, 0.15) is 5.75 Å². The van der Waals surface area contributed by atoms with Gasteiger partial charge in [0.2, 0.25) is 0 Å². The predicted octanol–water partition coefficient (Wildman–Crippen LogP) is 2.23. The van der Waals surface area contributed by atoms with Gasteiger partial charge in [-0.05, 0) is 23.3 Å². The van der Waals surface area contributed by atoms with Crippen LogP contribution in [0.15, 0.2) is 36.4 Å². The Kier molecular flexibility index (Phi) is 3.61. The van der Waals surface area contributed by atoms with Crippen LogP contribution in [0.5, 0.6) is 5.75 Å². The number of hydrogen-bond acceptors (Lipinski definition) is 3. The SMILES string of the molecule is COc1ccc2ccccc2c1C(N)CCO. The van der Waals surface area contributed by atoms with E-state index in [9.17, 15) is 0 Å². The monoisotopic (exact) mass is 231 g/mol. The van der Waals surface area contributed by atoms with E-state index in [1.165, 1.54) is 0 Å². The summed E-state index contributed by atoms with van der Waals surface area (Å²) in [5.74, 6) is 0.782. The summed E-state index contributed by atoms with van der Waals surface area (Å²) in [6.07, 6.45) is 0.532. The molecule has 3 N–H and O–H groups in total. The Morgan fingerprint density at radius 1 is 1.24 bits per heavy atom. The first-order chi connectivity index (χ1) is 8.27. The van der Waals surface area contributed by atoms with Gasteiger partial charge in [0.05, 0.1) is 7.11 Å².